The van der Waals surface area contributed by atoms with Gasteiger partial charge in [-0.2, -0.15) is 0 Å². The van der Waals surface area contributed by atoms with E-state index in [9.17, 15) is 4.79 Å². The van der Waals surface area contributed by atoms with Crippen LogP contribution in [-0.2, 0) is 11.2 Å². The number of hydrogen-bond donors (Lipinski definition) is 2. The second kappa shape index (κ2) is 8.59. The summed E-state index contributed by atoms with van der Waals surface area (Å²) in [7, 11) is 0. The van der Waals surface area contributed by atoms with E-state index >= 15 is 0 Å². The molecule has 0 fully saturated rings. The van der Waals surface area contributed by atoms with Gasteiger partial charge in [0.1, 0.15) is 5.75 Å². The third-order valence-corrected chi connectivity index (χ3v) is 2.87. The van der Waals surface area contributed by atoms with Crippen LogP contribution in [0.1, 0.15) is 39.2 Å². The van der Waals surface area contributed by atoms with Crippen LogP contribution in [0.15, 0.2) is 24.3 Å². The van der Waals surface area contributed by atoms with Crippen molar-refractivity contribution < 1.29 is 14.6 Å². The Bertz CT molecular complexity index is 401. The molecule has 1 aromatic carbocycles. The Morgan fingerprint density at radius 1 is 1.30 bits per heavy atom. The monoisotopic (exact) mass is 279 g/mol. The van der Waals surface area contributed by atoms with Crippen molar-refractivity contribution in [2.24, 2.45) is 0 Å². The average Bonchev–Trinajstić information content (AvgIpc) is 2.36. The Kier molecular flexibility index (Phi) is 7.09. The molecule has 0 bridgehead atoms. The van der Waals surface area contributed by atoms with Crippen molar-refractivity contribution in [2.45, 2.75) is 52.1 Å². The maximum atomic E-state index is 10.9. The highest BCUT2D eigenvalue weighted by Gasteiger charge is 2.14. The molecule has 0 aliphatic rings. The maximum Gasteiger partial charge on any atom is 0.304 e. The van der Waals surface area contributed by atoms with Gasteiger partial charge in [0.2, 0.25) is 0 Å². The molecule has 0 saturated carbocycles. The topological polar surface area (TPSA) is 58.6 Å². The number of ether oxygens (including phenoxy) is 1. The van der Waals surface area contributed by atoms with Gasteiger partial charge >= 0.3 is 5.97 Å². The minimum Gasteiger partial charge on any atom is -0.494 e. The van der Waals surface area contributed by atoms with E-state index in [0.29, 0.717) is 6.42 Å². The van der Waals surface area contributed by atoms with Gasteiger partial charge in [-0.1, -0.05) is 32.9 Å². The van der Waals surface area contributed by atoms with Crippen LogP contribution in [0.4, 0.5) is 0 Å². The molecule has 0 amide bonds. The van der Waals surface area contributed by atoms with Gasteiger partial charge in [-0.15, -0.1) is 0 Å². The molecule has 0 aliphatic heterocycles. The van der Waals surface area contributed by atoms with Crippen LogP contribution in [0.3, 0.4) is 0 Å². The molecule has 0 saturated heterocycles. The van der Waals surface area contributed by atoms with E-state index in [-0.39, 0.29) is 18.5 Å². The van der Waals surface area contributed by atoms with Crippen molar-refractivity contribution in [3.63, 3.8) is 0 Å². The number of hydrogen-bond acceptors (Lipinski definition) is 3. The fourth-order valence-corrected chi connectivity index (χ4v) is 2.10. The van der Waals surface area contributed by atoms with Crippen molar-refractivity contribution in [1.82, 2.24) is 5.32 Å². The highest BCUT2D eigenvalue weighted by Crippen LogP contribution is 2.14. The van der Waals surface area contributed by atoms with E-state index in [1.165, 1.54) is 0 Å². The minimum absolute atomic E-state index is 0.0464. The number of carbonyl (C=O) groups is 1. The summed E-state index contributed by atoms with van der Waals surface area (Å²) >= 11 is 0. The van der Waals surface area contributed by atoms with Crippen LogP contribution in [0, 0.1) is 0 Å². The van der Waals surface area contributed by atoms with Crippen molar-refractivity contribution in [3.05, 3.63) is 29.8 Å². The van der Waals surface area contributed by atoms with Crippen molar-refractivity contribution in [3.8, 4) is 5.75 Å². The highest BCUT2D eigenvalue weighted by atomic mass is 16.5. The SMILES string of the molecule is CCCOc1ccc(CC(CC(=O)O)NC(C)C)cc1. The number of aliphatic carboxylic acids is 1. The molecule has 1 unspecified atom stereocenters. The summed E-state index contributed by atoms with van der Waals surface area (Å²) in [4.78, 5) is 10.9. The Labute approximate surface area is 121 Å². The summed E-state index contributed by atoms with van der Waals surface area (Å²) in [5.41, 5.74) is 1.12. The molecule has 4 heteroatoms. The molecule has 1 rings (SSSR count). The van der Waals surface area contributed by atoms with Crippen molar-refractivity contribution in [1.29, 1.82) is 0 Å². The second-order valence-electron chi connectivity index (χ2n) is 5.31. The van der Waals surface area contributed by atoms with E-state index in [0.717, 1.165) is 24.3 Å². The lowest BCUT2D eigenvalue weighted by atomic mass is 10.0. The van der Waals surface area contributed by atoms with Gasteiger partial charge < -0.3 is 15.2 Å². The van der Waals surface area contributed by atoms with Crippen LogP contribution in [0.25, 0.3) is 0 Å². The van der Waals surface area contributed by atoms with Crippen LogP contribution in [-0.4, -0.2) is 29.8 Å². The lowest BCUT2D eigenvalue weighted by Gasteiger charge is -2.20. The molecular weight excluding hydrogens is 254 g/mol. The lowest BCUT2D eigenvalue weighted by molar-refractivity contribution is -0.137. The first-order valence-corrected chi connectivity index (χ1v) is 7.20. The molecule has 0 aromatic heterocycles. The standard InChI is InChI=1S/C16H25NO3/c1-4-9-20-15-7-5-13(6-8-15)10-14(11-16(18)19)17-12(2)3/h5-8,12,14,17H,4,9-11H2,1-3H3,(H,18,19). The first-order chi connectivity index (χ1) is 9.51. The normalized spacial score (nSPS) is 12.4. The summed E-state index contributed by atoms with van der Waals surface area (Å²) < 4.78 is 5.53. The third-order valence-electron chi connectivity index (χ3n) is 2.87. The Morgan fingerprint density at radius 3 is 2.45 bits per heavy atom. The zero-order chi connectivity index (χ0) is 15.0. The van der Waals surface area contributed by atoms with Crippen molar-refractivity contribution >= 4 is 5.97 Å². The summed E-state index contributed by atoms with van der Waals surface area (Å²) in [5.74, 6) is 0.0910. The minimum atomic E-state index is -0.772. The van der Waals surface area contributed by atoms with Gasteiger partial charge in [0.25, 0.3) is 0 Å². The number of carboxylic acid groups (broad SMARTS) is 1. The third kappa shape index (κ3) is 6.57. The smallest absolute Gasteiger partial charge is 0.304 e. The highest BCUT2D eigenvalue weighted by molar-refractivity contribution is 5.67. The molecule has 0 aliphatic carbocycles. The van der Waals surface area contributed by atoms with Crippen LogP contribution < -0.4 is 10.1 Å². The average molecular weight is 279 g/mol. The van der Waals surface area contributed by atoms with Gasteiger partial charge in [-0.3, -0.25) is 4.79 Å². The van der Waals surface area contributed by atoms with E-state index in [1.54, 1.807) is 0 Å². The zero-order valence-electron chi connectivity index (χ0n) is 12.6. The molecule has 20 heavy (non-hydrogen) atoms. The number of rotatable bonds is 9. The van der Waals surface area contributed by atoms with Crippen molar-refractivity contribution in [2.75, 3.05) is 6.61 Å². The molecule has 1 aromatic rings. The Morgan fingerprint density at radius 2 is 1.95 bits per heavy atom. The number of benzene rings is 1. The van der Waals surface area contributed by atoms with Crippen LogP contribution in [0.5, 0.6) is 5.75 Å². The zero-order valence-corrected chi connectivity index (χ0v) is 12.6. The molecule has 4 nitrogen and oxygen atoms in total. The van der Waals surface area contributed by atoms with Gasteiger partial charge in [0.05, 0.1) is 13.0 Å². The van der Waals surface area contributed by atoms with Gasteiger partial charge in [0, 0.05) is 12.1 Å². The van der Waals surface area contributed by atoms with E-state index < -0.39 is 5.97 Å². The fraction of sp³-hybridized carbons (Fsp3) is 0.562. The summed E-state index contributed by atoms with van der Waals surface area (Å²) in [6.07, 6.45) is 1.82. The van der Waals surface area contributed by atoms with E-state index in [4.69, 9.17) is 9.84 Å². The summed E-state index contributed by atoms with van der Waals surface area (Å²) in [6, 6.07) is 8.11. The largest absolute Gasteiger partial charge is 0.494 e. The van der Waals surface area contributed by atoms with E-state index in [2.05, 4.69) is 12.2 Å². The lowest BCUT2D eigenvalue weighted by Crippen LogP contribution is -2.38. The molecule has 0 spiro atoms. The van der Waals surface area contributed by atoms with Gasteiger partial charge in [0.15, 0.2) is 0 Å². The van der Waals surface area contributed by atoms with Crippen LogP contribution >= 0.6 is 0 Å². The van der Waals surface area contributed by atoms with Gasteiger partial charge in [-0.05, 0) is 30.5 Å². The first kappa shape index (κ1) is 16.5. The quantitative estimate of drug-likeness (QED) is 0.730. The second-order valence-corrected chi connectivity index (χ2v) is 5.31. The fourth-order valence-electron chi connectivity index (χ4n) is 2.10. The molecule has 0 radical (unpaired) electrons. The molecular formula is C16H25NO3. The summed E-state index contributed by atoms with van der Waals surface area (Å²) in [6.45, 7) is 6.84. The maximum absolute atomic E-state index is 10.9. The molecule has 2 N–H and O–H groups in total. The van der Waals surface area contributed by atoms with Crippen LogP contribution in [0.2, 0.25) is 0 Å². The predicted molar refractivity (Wildman–Crippen MR) is 80.2 cm³/mol. The number of nitrogens with one attached hydrogen (secondary N) is 1. The Balaban J connectivity index is 2.60. The number of carboxylic acids is 1. The van der Waals surface area contributed by atoms with Gasteiger partial charge in [-0.25, -0.2) is 0 Å². The molecule has 1 atom stereocenters. The first-order valence-electron chi connectivity index (χ1n) is 7.20. The Hall–Kier alpha value is -1.55. The summed E-state index contributed by atoms with van der Waals surface area (Å²) in [5, 5.41) is 12.3. The molecule has 0 heterocycles. The molecule has 112 valence electrons. The predicted octanol–water partition coefficient (Wildman–Crippen LogP) is 2.86. The van der Waals surface area contributed by atoms with E-state index in [1.807, 2.05) is 38.1 Å².